The summed E-state index contributed by atoms with van der Waals surface area (Å²) in [6, 6.07) is 0. The molecule has 0 aromatic rings. The third-order valence-corrected chi connectivity index (χ3v) is 2.96. The summed E-state index contributed by atoms with van der Waals surface area (Å²) in [4.78, 5) is 21.8. The van der Waals surface area contributed by atoms with E-state index in [1.807, 2.05) is 13.8 Å². The van der Waals surface area contributed by atoms with Gasteiger partial charge >= 0.3 is 11.9 Å². The van der Waals surface area contributed by atoms with Gasteiger partial charge in [0.1, 0.15) is 0 Å². The highest BCUT2D eigenvalue weighted by atomic mass is 16.4. The van der Waals surface area contributed by atoms with Gasteiger partial charge in [-0.2, -0.15) is 0 Å². The topological polar surface area (TPSA) is 74.6 Å². The van der Waals surface area contributed by atoms with Crippen molar-refractivity contribution in [3.05, 3.63) is 0 Å². The molecule has 0 heterocycles. The Labute approximate surface area is 96.7 Å². The van der Waals surface area contributed by atoms with Crippen molar-refractivity contribution in [2.75, 3.05) is 0 Å². The first-order chi connectivity index (χ1) is 7.48. The largest absolute Gasteiger partial charge is 0.481 e. The van der Waals surface area contributed by atoms with Crippen LogP contribution in [0.4, 0.5) is 0 Å². The van der Waals surface area contributed by atoms with Crippen LogP contribution in [-0.4, -0.2) is 22.2 Å². The third-order valence-electron chi connectivity index (χ3n) is 2.96. The van der Waals surface area contributed by atoms with Gasteiger partial charge in [0, 0.05) is 6.42 Å². The Bertz CT molecular complexity index is 229. The summed E-state index contributed by atoms with van der Waals surface area (Å²) in [6.07, 6.45) is 3.88. The standard InChI is InChI=1S/C12H22O4/c1-3-7-12(8-4-2,11(15)16)9-5-6-10(13)14/h3-9H2,1-2H3,(H,13,14)(H,15,16). The lowest BCUT2D eigenvalue weighted by Crippen LogP contribution is -2.31. The fraction of sp³-hybridized carbons (Fsp3) is 0.833. The predicted octanol–water partition coefficient (Wildman–Crippen LogP) is 2.91. The molecule has 0 rings (SSSR count). The van der Waals surface area contributed by atoms with Crippen LogP contribution in [0.5, 0.6) is 0 Å². The molecule has 0 aromatic heterocycles. The summed E-state index contributed by atoms with van der Waals surface area (Å²) in [5, 5.41) is 17.9. The van der Waals surface area contributed by atoms with E-state index in [4.69, 9.17) is 5.11 Å². The van der Waals surface area contributed by atoms with E-state index in [1.54, 1.807) is 0 Å². The smallest absolute Gasteiger partial charge is 0.309 e. The Morgan fingerprint density at radius 1 is 1.00 bits per heavy atom. The van der Waals surface area contributed by atoms with E-state index in [9.17, 15) is 14.7 Å². The van der Waals surface area contributed by atoms with Gasteiger partial charge in [0.25, 0.3) is 0 Å². The highest BCUT2D eigenvalue weighted by molar-refractivity contribution is 5.74. The van der Waals surface area contributed by atoms with Gasteiger partial charge < -0.3 is 10.2 Å². The Morgan fingerprint density at radius 3 is 1.81 bits per heavy atom. The normalized spacial score (nSPS) is 11.4. The number of hydrogen-bond donors (Lipinski definition) is 2. The Balaban J connectivity index is 4.48. The first-order valence-electron chi connectivity index (χ1n) is 5.93. The molecule has 0 saturated heterocycles. The second-order valence-electron chi connectivity index (χ2n) is 4.33. The molecule has 94 valence electrons. The monoisotopic (exact) mass is 230 g/mol. The molecule has 0 unspecified atom stereocenters. The molecule has 4 nitrogen and oxygen atoms in total. The lowest BCUT2D eigenvalue weighted by atomic mass is 9.75. The van der Waals surface area contributed by atoms with Gasteiger partial charge in [-0.25, -0.2) is 0 Å². The molecule has 0 aliphatic carbocycles. The van der Waals surface area contributed by atoms with Gasteiger partial charge in [0.2, 0.25) is 0 Å². The second-order valence-corrected chi connectivity index (χ2v) is 4.33. The van der Waals surface area contributed by atoms with Crippen molar-refractivity contribution >= 4 is 11.9 Å². The number of rotatable bonds is 9. The maximum atomic E-state index is 11.3. The van der Waals surface area contributed by atoms with E-state index in [2.05, 4.69) is 0 Å². The van der Waals surface area contributed by atoms with Crippen molar-refractivity contribution in [3.63, 3.8) is 0 Å². The van der Waals surface area contributed by atoms with Crippen molar-refractivity contribution in [2.24, 2.45) is 5.41 Å². The number of carboxylic acid groups (broad SMARTS) is 2. The van der Waals surface area contributed by atoms with E-state index in [0.29, 0.717) is 25.7 Å². The fourth-order valence-electron chi connectivity index (χ4n) is 2.23. The van der Waals surface area contributed by atoms with E-state index in [1.165, 1.54) is 0 Å². The quantitative estimate of drug-likeness (QED) is 0.638. The molecule has 4 heteroatoms. The van der Waals surface area contributed by atoms with Gasteiger partial charge in [0.05, 0.1) is 5.41 Å². The van der Waals surface area contributed by atoms with Crippen LogP contribution in [0.3, 0.4) is 0 Å². The van der Waals surface area contributed by atoms with E-state index in [-0.39, 0.29) is 6.42 Å². The van der Waals surface area contributed by atoms with Crippen molar-refractivity contribution < 1.29 is 19.8 Å². The maximum Gasteiger partial charge on any atom is 0.309 e. The summed E-state index contributed by atoms with van der Waals surface area (Å²) in [5.41, 5.74) is -0.709. The Hall–Kier alpha value is -1.06. The van der Waals surface area contributed by atoms with Gasteiger partial charge in [0.15, 0.2) is 0 Å². The number of carboxylic acids is 2. The van der Waals surface area contributed by atoms with E-state index >= 15 is 0 Å². The zero-order valence-electron chi connectivity index (χ0n) is 10.2. The minimum Gasteiger partial charge on any atom is -0.481 e. The van der Waals surface area contributed by atoms with E-state index < -0.39 is 17.4 Å². The molecular weight excluding hydrogens is 208 g/mol. The lowest BCUT2D eigenvalue weighted by Gasteiger charge is -2.28. The molecule has 0 aliphatic heterocycles. The van der Waals surface area contributed by atoms with Crippen molar-refractivity contribution in [1.29, 1.82) is 0 Å². The van der Waals surface area contributed by atoms with Crippen LogP contribution in [0.2, 0.25) is 0 Å². The minimum absolute atomic E-state index is 0.0580. The van der Waals surface area contributed by atoms with Crippen LogP contribution < -0.4 is 0 Å². The molecule has 0 spiro atoms. The van der Waals surface area contributed by atoms with Gasteiger partial charge in [-0.05, 0) is 25.7 Å². The summed E-state index contributed by atoms with van der Waals surface area (Å²) in [7, 11) is 0. The van der Waals surface area contributed by atoms with Crippen LogP contribution in [-0.2, 0) is 9.59 Å². The average Bonchev–Trinajstić information content (AvgIpc) is 2.17. The maximum absolute atomic E-state index is 11.3. The van der Waals surface area contributed by atoms with Gasteiger partial charge in [-0.3, -0.25) is 9.59 Å². The Kier molecular flexibility index (Phi) is 6.77. The molecule has 0 saturated carbocycles. The van der Waals surface area contributed by atoms with Crippen LogP contribution in [0.15, 0.2) is 0 Å². The summed E-state index contributed by atoms with van der Waals surface area (Å²) in [6.45, 7) is 3.93. The number of hydrogen-bond acceptors (Lipinski definition) is 2. The van der Waals surface area contributed by atoms with E-state index in [0.717, 1.165) is 12.8 Å². The molecule has 0 fully saturated rings. The second kappa shape index (κ2) is 7.25. The molecule has 0 radical (unpaired) electrons. The first kappa shape index (κ1) is 14.9. The highest BCUT2D eigenvalue weighted by Gasteiger charge is 2.35. The van der Waals surface area contributed by atoms with Crippen LogP contribution >= 0.6 is 0 Å². The molecule has 0 atom stereocenters. The summed E-state index contributed by atoms with van der Waals surface area (Å²) < 4.78 is 0. The van der Waals surface area contributed by atoms with Crippen molar-refractivity contribution in [1.82, 2.24) is 0 Å². The first-order valence-corrected chi connectivity index (χ1v) is 5.93. The highest BCUT2D eigenvalue weighted by Crippen LogP contribution is 2.35. The zero-order chi connectivity index (χ0) is 12.6. The van der Waals surface area contributed by atoms with Crippen LogP contribution in [0.25, 0.3) is 0 Å². The average molecular weight is 230 g/mol. The molecule has 0 aliphatic rings. The number of carbonyl (C=O) groups is 2. The lowest BCUT2D eigenvalue weighted by molar-refractivity contribution is -0.151. The Morgan fingerprint density at radius 2 is 1.50 bits per heavy atom. The summed E-state index contributed by atoms with van der Waals surface area (Å²) in [5.74, 6) is -1.63. The van der Waals surface area contributed by atoms with Gasteiger partial charge in [-0.1, -0.05) is 26.7 Å². The molecule has 0 bridgehead atoms. The summed E-state index contributed by atoms with van der Waals surface area (Å²) >= 11 is 0. The number of aliphatic carboxylic acids is 2. The molecule has 16 heavy (non-hydrogen) atoms. The van der Waals surface area contributed by atoms with Crippen molar-refractivity contribution in [3.8, 4) is 0 Å². The molecule has 2 N–H and O–H groups in total. The molecular formula is C12H22O4. The minimum atomic E-state index is -0.854. The molecule has 0 amide bonds. The van der Waals surface area contributed by atoms with Crippen LogP contribution in [0, 0.1) is 5.41 Å². The fourth-order valence-corrected chi connectivity index (χ4v) is 2.23. The molecule has 0 aromatic carbocycles. The SMILES string of the molecule is CCCC(CCC)(CCCC(=O)O)C(=O)O. The van der Waals surface area contributed by atoms with Crippen molar-refractivity contribution in [2.45, 2.75) is 58.8 Å². The van der Waals surface area contributed by atoms with Gasteiger partial charge in [-0.15, -0.1) is 0 Å². The zero-order valence-corrected chi connectivity index (χ0v) is 10.2. The predicted molar refractivity (Wildman–Crippen MR) is 61.4 cm³/mol. The third kappa shape index (κ3) is 4.64. The van der Waals surface area contributed by atoms with Crippen LogP contribution in [0.1, 0.15) is 58.8 Å².